The van der Waals surface area contributed by atoms with Crippen LogP contribution in [0.2, 0.25) is 0 Å². The van der Waals surface area contributed by atoms with Gasteiger partial charge in [0.1, 0.15) is 0 Å². The Hall–Kier alpha value is -0.820. The molecule has 0 saturated heterocycles. The van der Waals surface area contributed by atoms with Gasteiger partial charge >= 0.3 is 0 Å². The van der Waals surface area contributed by atoms with Crippen molar-refractivity contribution < 1.29 is 0 Å². The highest BCUT2D eigenvalue weighted by Crippen LogP contribution is 2.18. The van der Waals surface area contributed by atoms with Crippen LogP contribution in [0.25, 0.3) is 0 Å². The molecule has 1 atom stereocenters. The van der Waals surface area contributed by atoms with Crippen LogP contribution in [0.15, 0.2) is 30.3 Å². The minimum atomic E-state index is 0.538. The summed E-state index contributed by atoms with van der Waals surface area (Å²) < 4.78 is 0. The lowest BCUT2D eigenvalue weighted by Crippen LogP contribution is -2.26. The van der Waals surface area contributed by atoms with Gasteiger partial charge in [0.05, 0.1) is 0 Å². The number of hydrogen-bond donors (Lipinski definition) is 0. The van der Waals surface area contributed by atoms with E-state index in [9.17, 15) is 0 Å². The largest absolute Gasteiger partial charge is 0.297 e. The third-order valence-corrected chi connectivity index (χ3v) is 2.64. The highest BCUT2D eigenvalue weighted by molar-refractivity contribution is 5.18. The van der Waals surface area contributed by atoms with E-state index in [-0.39, 0.29) is 0 Å². The molecule has 0 aliphatic heterocycles. The van der Waals surface area contributed by atoms with E-state index in [0.717, 1.165) is 13.1 Å². The van der Waals surface area contributed by atoms with Crippen molar-refractivity contribution in [2.75, 3.05) is 13.1 Å². The minimum absolute atomic E-state index is 0.538. The first-order valence-electron chi connectivity index (χ1n) is 5.08. The van der Waals surface area contributed by atoms with E-state index in [4.69, 9.17) is 0 Å². The Morgan fingerprint density at radius 1 is 1.08 bits per heavy atom. The van der Waals surface area contributed by atoms with Crippen LogP contribution in [0, 0.1) is 0 Å². The average molecular weight is 177 g/mol. The smallest absolute Gasteiger partial charge is 0.0319 e. The van der Waals surface area contributed by atoms with Gasteiger partial charge in [-0.25, -0.2) is 0 Å². The Morgan fingerprint density at radius 3 is 2.08 bits per heavy atom. The number of nitrogens with zero attached hydrogens (tertiary/aromatic N) is 1. The Bertz CT molecular complexity index is 226. The fraction of sp³-hybridized carbons (Fsp3) is 0.500. The monoisotopic (exact) mass is 177 g/mol. The highest BCUT2D eigenvalue weighted by atomic mass is 15.1. The summed E-state index contributed by atoms with van der Waals surface area (Å²) in [5.41, 5.74) is 1.41. The highest BCUT2D eigenvalue weighted by Gasteiger charge is 2.10. The van der Waals surface area contributed by atoms with Crippen molar-refractivity contribution in [3.8, 4) is 0 Å². The molecule has 0 radical (unpaired) electrons. The molecule has 0 aromatic heterocycles. The number of rotatable bonds is 4. The van der Waals surface area contributed by atoms with Crippen LogP contribution in [0.1, 0.15) is 32.4 Å². The van der Waals surface area contributed by atoms with Crippen LogP contribution in [-0.4, -0.2) is 18.0 Å². The van der Waals surface area contributed by atoms with Crippen LogP contribution in [0.5, 0.6) is 0 Å². The zero-order chi connectivity index (χ0) is 9.68. The number of benzene rings is 1. The first kappa shape index (κ1) is 10.3. The van der Waals surface area contributed by atoms with Crippen LogP contribution < -0.4 is 0 Å². The first-order valence-corrected chi connectivity index (χ1v) is 5.08. The molecule has 13 heavy (non-hydrogen) atoms. The van der Waals surface area contributed by atoms with Crippen LogP contribution in [0.4, 0.5) is 0 Å². The molecule has 0 heterocycles. The van der Waals surface area contributed by atoms with Crippen molar-refractivity contribution in [1.29, 1.82) is 0 Å². The summed E-state index contributed by atoms with van der Waals surface area (Å²) in [7, 11) is 0. The Kier molecular flexibility index (Phi) is 3.97. The Morgan fingerprint density at radius 2 is 1.62 bits per heavy atom. The van der Waals surface area contributed by atoms with Crippen molar-refractivity contribution in [3.05, 3.63) is 35.9 Å². The van der Waals surface area contributed by atoms with Crippen LogP contribution in [0.3, 0.4) is 0 Å². The Balaban J connectivity index is 2.72. The molecule has 0 spiro atoms. The minimum Gasteiger partial charge on any atom is -0.297 e. The molecule has 0 bridgehead atoms. The summed E-state index contributed by atoms with van der Waals surface area (Å²) in [6, 6.07) is 11.2. The zero-order valence-electron chi connectivity index (χ0n) is 8.83. The summed E-state index contributed by atoms with van der Waals surface area (Å²) in [6.45, 7) is 8.92. The second-order valence-electron chi connectivity index (χ2n) is 3.31. The first-order chi connectivity index (χ1) is 6.29. The molecule has 72 valence electrons. The normalized spacial score (nSPS) is 13.2. The van der Waals surface area contributed by atoms with E-state index in [1.807, 2.05) is 0 Å². The molecule has 1 aromatic rings. The quantitative estimate of drug-likeness (QED) is 0.683. The number of hydrogen-bond acceptors (Lipinski definition) is 1. The van der Waals surface area contributed by atoms with Gasteiger partial charge in [0.15, 0.2) is 0 Å². The van der Waals surface area contributed by atoms with Crippen molar-refractivity contribution in [3.63, 3.8) is 0 Å². The Labute approximate surface area is 81.4 Å². The molecule has 0 saturated carbocycles. The molecule has 1 nitrogen and oxygen atoms in total. The van der Waals surface area contributed by atoms with E-state index in [1.54, 1.807) is 0 Å². The second-order valence-corrected chi connectivity index (χ2v) is 3.31. The maximum atomic E-state index is 2.45. The second kappa shape index (κ2) is 5.03. The molecular formula is C12H19N. The summed E-state index contributed by atoms with van der Waals surface area (Å²) >= 11 is 0. The van der Waals surface area contributed by atoms with Crippen LogP contribution in [-0.2, 0) is 0 Å². The van der Waals surface area contributed by atoms with E-state index >= 15 is 0 Å². The van der Waals surface area contributed by atoms with Gasteiger partial charge < -0.3 is 0 Å². The van der Waals surface area contributed by atoms with E-state index in [0.29, 0.717) is 6.04 Å². The fourth-order valence-corrected chi connectivity index (χ4v) is 1.71. The van der Waals surface area contributed by atoms with Crippen molar-refractivity contribution in [1.82, 2.24) is 4.90 Å². The van der Waals surface area contributed by atoms with Gasteiger partial charge in [0.2, 0.25) is 0 Å². The van der Waals surface area contributed by atoms with Crippen molar-refractivity contribution >= 4 is 0 Å². The average Bonchev–Trinajstić information content (AvgIpc) is 2.21. The van der Waals surface area contributed by atoms with E-state index in [2.05, 4.69) is 56.0 Å². The summed E-state index contributed by atoms with van der Waals surface area (Å²) in [5, 5.41) is 0. The molecule has 0 N–H and O–H groups in total. The fourth-order valence-electron chi connectivity index (χ4n) is 1.71. The predicted octanol–water partition coefficient (Wildman–Crippen LogP) is 3.09. The standard InChI is InChI=1S/C12H19N/c1-4-13(5-2)11(3)12-9-7-6-8-10-12/h6-11H,4-5H2,1-3H3/t11-/m0/s1. The molecule has 0 aliphatic carbocycles. The van der Waals surface area contributed by atoms with Gasteiger partial charge in [-0.2, -0.15) is 0 Å². The van der Waals surface area contributed by atoms with E-state index in [1.165, 1.54) is 5.56 Å². The molecular weight excluding hydrogens is 158 g/mol. The lowest BCUT2D eigenvalue weighted by molar-refractivity contribution is 0.234. The molecule has 1 heteroatoms. The van der Waals surface area contributed by atoms with Crippen molar-refractivity contribution in [2.45, 2.75) is 26.8 Å². The summed E-state index contributed by atoms with van der Waals surface area (Å²) in [6.07, 6.45) is 0. The molecule has 1 aromatic carbocycles. The van der Waals surface area contributed by atoms with Crippen LogP contribution >= 0.6 is 0 Å². The molecule has 0 amide bonds. The SMILES string of the molecule is CCN(CC)[C@@H](C)c1ccccc1. The third kappa shape index (κ3) is 2.56. The summed E-state index contributed by atoms with van der Waals surface area (Å²) in [5.74, 6) is 0. The molecule has 0 fully saturated rings. The molecule has 0 unspecified atom stereocenters. The van der Waals surface area contributed by atoms with Gasteiger partial charge in [0, 0.05) is 6.04 Å². The summed E-state index contributed by atoms with van der Waals surface area (Å²) in [4.78, 5) is 2.45. The molecule has 1 rings (SSSR count). The van der Waals surface area contributed by atoms with Crippen molar-refractivity contribution in [2.24, 2.45) is 0 Å². The maximum absolute atomic E-state index is 2.45. The topological polar surface area (TPSA) is 3.24 Å². The predicted molar refractivity (Wildman–Crippen MR) is 57.8 cm³/mol. The third-order valence-electron chi connectivity index (χ3n) is 2.64. The van der Waals surface area contributed by atoms with E-state index < -0.39 is 0 Å². The zero-order valence-corrected chi connectivity index (χ0v) is 8.83. The lowest BCUT2D eigenvalue weighted by Gasteiger charge is -2.26. The lowest BCUT2D eigenvalue weighted by atomic mass is 10.1. The van der Waals surface area contributed by atoms with Gasteiger partial charge in [-0.05, 0) is 25.6 Å². The van der Waals surface area contributed by atoms with Gasteiger partial charge in [-0.3, -0.25) is 4.90 Å². The van der Waals surface area contributed by atoms with Gasteiger partial charge in [0.25, 0.3) is 0 Å². The van der Waals surface area contributed by atoms with Gasteiger partial charge in [-0.1, -0.05) is 44.2 Å². The maximum Gasteiger partial charge on any atom is 0.0319 e. The molecule has 0 aliphatic rings. The van der Waals surface area contributed by atoms with Gasteiger partial charge in [-0.15, -0.1) is 0 Å².